The summed E-state index contributed by atoms with van der Waals surface area (Å²) in [5.41, 5.74) is 1.13. The van der Waals surface area contributed by atoms with E-state index in [1.165, 1.54) is 38.5 Å². The second-order valence-corrected chi connectivity index (χ2v) is 6.14. The smallest absolute Gasteiger partial charge is 0.0549 e. The Bertz CT molecular complexity index is 354. The molecule has 0 amide bonds. The molecule has 1 nitrogen and oxygen atoms in total. The molecule has 0 aromatic heterocycles. The maximum atomic E-state index is 5.97. The van der Waals surface area contributed by atoms with Crippen molar-refractivity contribution < 1.29 is 0 Å². The highest BCUT2D eigenvalue weighted by Gasteiger charge is 2.03. The van der Waals surface area contributed by atoms with E-state index < -0.39 is 0 Å². The number of hydrogen-bond donors (Lipinski definition) is 1. The van der Waals surface area contributed by atoms with Crippen LogP contribution in [0.5, 0.6) is 0 Å². The van der Waals surface area contributed by atoms with E-state index in [1.807, 2.05) is 18.2 Å². The fourth-order valence-corrected chi connectivity index (χ4v) is 2.49. The Morgan fingerprint density at radius 3 is 2.61 bits per heavy atom. The zero-order valence-corrected chi connectivity index (χ0v) is 13.6. The first-order valence-corrected chi connectivity index (χ1v) is 8.02. The first-order valence-electron chi connectivity index (χ1n) is 6.85. The molecule has 0 spiro atoms. The molecule has 1 aromatic carbocycles. The monoisotopic (exact) mass is 331 g/mol. The van der Waals surface area contributed by atoms with E-state index >= 15 is 0 Å². The minimum atomic E-state index is 0.514. The zero-order valence-electron chi connectivity index (χ0n) is 11.3. The van der Waals surface area contributed by atoms with Crippen molar-refractivity contribution in [1.29, 1.82) is 0 Å². The van der Waals surface area contributed by atoms with Gasteiger partial charge in [-0.15, -0.1) is 0 Å². The molecule has 102 valence electrons. The molecule has 0 heterocycles. The van der Waals surface area contributed by atoms with Gasteiger partial charge in [-0.2, -0.15) is 0 Å². The molecular formula is C15H23BrClN. The molecule has 0 fully saturated rings. The Morgan fingerprint density at radius 1 is 1.22 bits per heavy atom. The van der Waals surface area contributed by atoms with E-state index in [1.54, 1.807) is 0 Å². The lowest BCUT2D eigenvalue weighted by atomic mass is 10.1. The van der Waals surface area contributed by atoms with Crippen molar-refractivity contribution in [3.05, 3.63) is 27.7 Å². The van der Waals surface area contributed by atoms with Crippen molar-refractivity contribution in [2.45, 2.75) is 58.4 Å². The molecule has 0 radical (unpaired) electrons. The second kappa shape index (κ2) is 8.82. The van der Waals surface area contributed by atoms with Crippen molar-refractivity contribution >= 4 is 33.2 Å². The summed E-state index contributed by atoms with van der Waals surface area (Å²) < 4.78 is 0.948. The number of hydrogen-bond acceptors (Lipinski definition) is 1. The normalized spacial score (nSPS) is 12.4. The van der Waals surface area contributed by atoms with Crippen molar-refractivity contribution in [2.75, 3.05) is 5.32 Å². The molecular weight excluding hydrogens is 310 g/mol. The zero-order chi connectivity index (χ0) is 13.4. The third-order valence-corrected chi connectivity index (χ3v) is 4.29. The molecule has 1 unspecified atom stereocenters. The van der Waals surface area contributed by atoms with E-state index in [0.717, 1.165) is 15.2 Å². The molecule has 0 bridgehead atoms. The summed E-state index contributed by atoms with van der Waals surface area (Å²) in [6.07, 6.45) is 7.94. The number of rotatable bonds is 8. The minimum Gasteiger partial charge on any atom is -0.383 e. The van der Waals surface area contributed by atoms with Gasteiger partial charge in [-0.05, 0) is 47.5 Å². The topological polar surface area (TPSA) is 12.0 Å². The van der Waals surface area contributed by atoms with Gasteiger partial charge in [-0.25, -0.2) is 0 Å². The van der Waals surface area contributed by atoms with E-state index in [-0.39, 0.29) is 0 Å². The summed E-state index contributed by atoms with van der Waals surface area (Å²) in [5, 5.41) is 4.27. The summed E-state index contributed by atoms with van der Waals surface area (Å²) in [6, 6.07) is 6.50. The highest BCUT2D eigenvalue weighted by molar-refractivity contribution is 9.10. The van der Waals surface area contributed by atoms with Crippen molar-refractivity contribution in [3.8, 4) is 0 Å². The molecule has 0 aliphatic rings. The van der Waals surface area contributed by atoms with Crippen LogP contribution in [-0.4, -0.2) is 6.04 Å². The molecule has 0 aliphatic carbocycles. The van der Waals surface area contributed by atoms with E-state index in [4.69, 9.17) is 11.6 Å². The number of benzene rings is 1. The Hall–Kier alpha value is -0.210. The molecule has 18 heavy (non-hydrogen) atoms. The van der Waals surface area contributed by atoms with Crippen LogP contribution >= 0.6 is 27.5 Å². The van der Waals surface area contributed by atoms with Gasteiger partial charge >= 0.3 is 0 Å². The number of nitrogens with one attached hydrogen (secondary N) is 1. The maximum Gasteiger partial charge on any atom is 0.0549 e. The van der Waals surface area contributed by atoms with Gasteiger partial charge in [0, 0.05) is 16.2 Å². The van der Waals surface area contributed by atoms with E-state index in [9.17, 15) is 0 Å². The van der Waals surface area contributed by atoms with E-state index in [0.29, 0.717) is 6.04 Å². The van der Waals surface area contributed by atoms with Crippen LogP contribution in [0, 0.1) is 0 Å². The second-order valence-electron chi connectivity index (χ2n) is 4.88. The highest BCUT2D eigenvalue weighted by Crippen LogP contribution is 2.26. The number of halogens is 2. The van der Waals surface area contributed by atoms with Gasteiger partial charge in [0.1, 0.15) is 0 Å². The van der Waals surface area contributed by atoms with Crippen LogP contribution in [-0.2, 0) is 0 Å². The highest BCUT2D eigenvalue weighted by atomic mass is 79.9. The SMILES string of the molecule is CCCCCCCC(C)Nc1ccc(Cl)c(Br)c1. The Labute approximate surface area is 124 Å². The van der Waals surface area contributed by atoms with Gasteiger partial charge in [0.15, 0.2) is 0 Å². The molecule has 1 atom stereocenters. The van der Waals surface area contributed by atoms with Gasteiger partial charge in [-0.1, -0.05) is 50.6 Å². The molecule has 0 saturated carbocycles. The predicted octanol–water partition coefficient (Wildman–Crippen LogP) is 6.26. The van der Waals surface area contributed by atoms with Gasteiger partial charge in [0.2, 0.25) is 0 Å². The van der Waals surface area contributed by atoms with Gasteiger partial charge < -0.3 is 5.32 Å². The van der Waals surface area contributed by atoms with Crippen LogP contribution in [0.1, 0.15) is 52.4 Å². The van der Waals surface area contributed by atoms with Gasteiger partial charge in [0.05, 0.1) is 5.02 Å². The molecule has 3 heteroatoms. The largest absolute Gasteiger partial charge is 0.383 e. The van der Waals surface area contributed by atoms with Crippen LogP contribution in [0.2, 0.25) is 5.02 Å². The van der Waals surface area contributed by atoms with Crippen LogP contribution in [0.4, 0.5) is 5.69 Å². The van der Waals surface area contributed by atoms with Crippen LogP contribution in [0.15, 0.2) is 22.7 Å². The molecule has 1 aromatic rings. The quantitative estimate of drug-likeness (QED) is 0.554. The summed E-state index contributed by atoms with van der Waals surface area (Å²) >= 11 is 9.42. The van der Waals surface area contributed by atoms with Crippen molar-refractivity contribution in [3.63, 3.8) is 0 Å². The van der Waals surface area contributed by atoms with Crippen molar-refractivity contribution in [2.24, 2.45) is 0 Å². The summed E-state index contributed by atoms with van der Waals surface area (Å²) in [6.45, 7) is 4.49. The van der Waals surface area contributed by atoms with Gasteiger partial charge in [-0.3, -0.25) is 0 Å². The molecule has 1 rings (SSSR count). The average Bonchev–Trinajstić information content (AvgIpc) is 2.34. The first-order chi connectivity index (χ1) is 8.63. The van der Waals surface area contributed by atoms with Crippen LogP contribution < -0.4 is 5.32 Å². The van der Waals surface area contributed by atoms with Gasteiger partial charge in [0.25, 0.3) is 0 Å². The molecule has 0 saturated heterocycles. The third-order valence-electron chi connectivity index (χ3n) is 3.07. The summed E-state index contributed by atoms with van der Waals surface area (Å²) in [4.78, 5) is 0. The number of anilines is 1. The lowest BCUT2D eigenvalue weighted by molar-refractivity contribution is 0.578. The molecule has 0 aliphatic heterocycles. The fraction of sp³-hybridized carbons (Fsp3) is 0.600. The average molecular weight is 333 g/mol. The van der Waals surface area contributed by atoms with Crippen molar-refractivity contribution in [1.82, 2.24) is 0 Å². The summed E-state index contributed by atoms with van der Waals surface area (Å²) in [5.74, 6) is 0. The number of unbranched alkanes of at least 4 members (excludes halogenated alkanes) is 4. The minimum absolute atomic E-state index is 0.514. The predicted molar refractivity (Wildman–Crippen MR) is 85.6 cm³/mol. The fourth-order valence-electron chi connectivity index (χ4n) is 2.00. The third kappa shape index (κ3) is 6.10. The van der Waals surface area contributed by atoms with E-state index in [2.05, 4.69) is 35.1 Å². The lowest BCUT2D eigenvalue weighted by Gasteiger charge is -2.15. The van der Waals surface area contributed by atoms with Crippen LogP contribution in [0.25, 0.3) is 0 Å². The first kappa shape index (κ1) is 15.8. The van der Waals surface area contributed by atoms with Crippen LogP contribution in [0.3, 0.4) is 0 Å². The summed E-state index contributed by atoms with van der Waals surface area (Å²) in [7, 11) is 0. The lowest BCUT2D eigenvalue weighted by Crippen LogP contribution is -2.14. The maximum absolute atomic E-state index is 5.97. The standard InChI is InChI=1S/C15H23BrClN/c1-3-4-5-6-7-8-12(2)18-13-9-10-15(17)14(16)11-13/h9-12,18H,3-8H2,1-2H3. The Balaban J connectivity index is 2.26. The molecule has 1 N–H and O–H groups in total. The Morgan fingerprint density at radius 2 is 1.94 bits per heavy atom. The Kier molecular flexibility index (Phi) is 7.76.